The Balaban J connectivity index is 3.39. The average Bonchev–Trinajstić information content (AvgIpc) is 1.87. The number of hydrogen-bond acceptors (Lipinski definition) is 3. The molecule has 0 bridgehead atoms. The second-order valence-electron chi connectivity index (χ2n) is 1.85. The van der Waals surface area contributed by atoms with Crippen molar-refractivity contribution in [1.29, 1.82) is 0 Å². The van der Waals surface area contributed by atoms with E-state index >= 15 is 0 Å². The van der Waals surface area contributed by atoms with Gasteiger partial charge in [-0.3, -0.25) is 9.79 Å². The Morgan fingerprint density at radius 1 is 1.73 bits per heavy atom. The second-order valence-corrected chi connectivity index (χ2v) is 4.27. The van der Waals surface area contributed by atoms with Gasteiger partial charge in [0.1, 0.15) is 6.67 Å². The Hall–Kier alpha value is 0.220. The first-order valence-electron chi connectivity index (χ1n) is 3.09. The fraction of sp³-hybridized carbons (Fsp3) is 0.667. The van der Waals surface area contributed by atoms with Gasteiger partial charge in [0.05, 0.1) is 9.47 Å². The van der Waals surface area contributed by atoms with Crippen molar-refractivity contribution in [1.82, 2.24) is 5.32 Å². The largest absolute Gasteiger partial charge is 0.336 e. The first-order chi connectivity index (χ1) is 5.16. The molecule has 11 heavy (non-hydrogen) atoms. The molecule has 0 unspecified atom stereocenters. The summed E-state index contributed by atoms with van der Waals surface area (Å²) >= 11 is 3.61. The molecule has 0 aromatic rings. The van der Waals surface area contributed by atoms with Crippen molar-refractivity contribution in [3.8, 4) is 0 Å². The lowest BCUT2D eigenvalue weighted by Crippen LogP contribution is -2.25. The Kier molecular flexibility index (Phi) is 7.04. The van der Waals surface area contributed by atoms with Crippen LogP contribution in [-0.4, -0.2) is 28.3 Å². The highest BCUT2D eigenvalue weighted by Crippen LogP contribution is 1.90. The third kappa shape index (κ3) is 8.12. The average molecular weight is 286 g/mol. The van der Waals surface area contributed by atoms with Gasteiger partial charge in [-0.15, -0.1) is 0 Å². The molecule has 64 valence electrons. The second kappa shape index (κ2) is 6.90. The van der Waals surface area contributed by atoms with E-state index in [2.05, 4.69) is 32.9 Å². The minimum Gasteiger partial charge on any atom is -0.336 e. The highest BCUT2D eigenvalue weighted by molar-refractivity contribution is 14.1. The maximum Gasteiger partial charge on any atom is 0.231 e. The van der Waals surface area contributed by atoms with Gasteiger partial charge in [0, 0.05) is 0 Å². The SMILES string of the molecule is CSCC(=O)NC/N=C(\C)I. The summed E-state index contributed by atoms with van der Waals surface area (Å²) in [6, 6.07) is 0. The minimum absolute atomic E-state index is 0.0406. The minimum atomic E-state index is 0.0406. The van der Waals surface area contributed by atoms with Crippen LogP contribution in [0.2, 0.25) is 0 Å². The predicted molar refractivity (Wildman–Crippen MR) is 58.5 cm³/mol. The van der Waals surface area contributed by atoms with Crippen molar-refractivity contribution >= 4 is 44.0 Å². The van der Waals surface area contributed by atoms with Crippen LogP contribution in [0.1, 0.15) is 6.92 Å². The van der Waals surface area contributed by atoms with E-state index in [0.717, 1.165) is 3.72 Å². The molecule has 0 aromatic heterocycles. The summed E-state index contributed by atoms with van der Waals surface area (Å²) in [7, 11) is 0. The van der Waals surface area contributed by atoms with E-state index in [4.69, 9.17) is 0 Å². The molecule has 0 radical (unpaired) electrons. The molecule has 3 nitrogen and oxygen atoms in total. The summed E-state index contributed by atoms with van der Waals surface area (Å²) in [4.78, 5) is 14.8. The number of hydrogen-bond donors (Lipinski definition) is 1. The molecule has 1 amide bonds. The topological polar surface area (TPSA) is 41.5 Å². The number of amides is 1. The molecule has 0 saturated carbocycles. The van der Waals surface area contributed by atoms with Crippen molar-refractivity contribution in [2.75, 3.05) is 18.7 Å². The molecule has 0 fully saturated rings. The standard InChI is InChI=1S/C6H11IN2OS/c1-5(7)8-4-9-6(10)3-11-2/h3-4H2,1-2H3,(H,9,10)/b8-5+. The van der Waals surface area contributed by atoms with E-state index < -0.39 is 0 Å². The van der Waals surface area contributed by atoms with Gasteiger partial charge in [-0.1, -0.05) is 0 Å². The molecule has 0 heterocycles. The Morgan fingerprint density at radius 3 is 2.82 bits per heavy atom. The zero-order valence-electron chi connectivity index (χ0n) is 6.56. The van der Waals surface area contributed by atoms with Crippen LogP contribution in [0.15, 0.2) is 4.99 Å². The van der Waals surface area contributed by atoms with Gasteiger partial charge in [-0.2, -0.15) is 11.8 Å². The van der Waals surface area contributed by atoms with Crippen LogP contribution in [-0.2, 0) is 4.79 Å². The number of thioether (sulfide) groups is 1. The molecule has 0 aliphatic carbocycles. The van der Waals surface area contributed by atoms with Crippen molar-refractivity contribution in [2.24, 2.45) is 4.99 Å². The Bertz CT molecular complexity index is 157. The molecule has 0 rings (SSSR count). The Morgan fingerprint density at radius 2 is 2.36 bits per heavy atom. The fourth-order valence-corrected chi connectivity index (χ4v) is 0.954. The van der Waals surface area contributed by atoms with Crippen molar-refractivity contribution in [3.63, 3.8) is 0 Å². The summed E-state index contributed by atoms with van der Waals surface area (Å²) in [6.07, 6.45) is 1.90. The van der Waals surface area contributed by atoms with E-state index in [9.17, 15) is 4.79 Å². The van der Waals surface area contributed by atoms with E-state index in [1.54, 1.807) is 0 Å². The van der Waals surface area contributed by atoms with E-state index in [0.29, 0.717) is 12.4 Å². The molecular weight excluding hydrogens is 275 g/mol. The number of nitrogens with one attached hydrogen (secondary N) is 1. The third-order valence-corrected chi connectivity index (χ3v) is 1.74. The monoisotopic (exact) mass is 286 g/mol. The molecule has 1 N–H and O–H groups in total. The number of halogens is 1. The summed E-state index contributed by atoms with van der Waals surface area (Å²) in [5, 5.41) is 2.66. The molecule has 0 spiro atoms. The Labute approximate surface area is 84.6 Å². The summed E-state index contributed by atoms with van der Waals surface area (Å²) in [5.41, 5.74) is 0. The summed E-state index contributed by atoms with van der Waals surface area (Å²) in [6.45, 7) is 2.29. The number of carbonyl (C=O) groups excluding carboxylic acids is 1. The normalized spacial score (nSPS) is 11.4. The van der Waals surface area contributed by atoms with Crippen molar-refractivity contribution in [3.05, 3.63) is 0 Å². The van der Waals surface area contributed by atoms with Crippen LogP contribution in [0.5, 0.6) is 0 Å². The first-order valence-corrected chi connectivity index (χ1v) is 5.56. The summed E-state index contributed by atoms with van der Waals surface area (Å²) < 4.78 is 0.951. The summed E-state index contributed by atoms with van der Waals surface area (Å²) in [5.74, 6) is 0.550. The third-order valence-electron chi connectivity index (χ3n) is 0.849. The number of carbonyl (C=O) groups is 1. The smallest absolute Gasteiger partial charge is 0.231 e. The first kappa shape index (κ1) is 11.2. The fourth-order valence-electron chi connectivity index (χ4n) is 0.419. The van der Waals surface area contributed by atoms with E-state index in [1.807, 2.05) is 13.2 Å². The van der Waals surface area contributed by atoms with Crippen LogP contribution >= 0.6 is 34.4 Å². The maximum atomic E-state index is 10.8. The molecule has 0 aromatic carbocycles. The molecule has 0 aliphatic rings. The number of nitrogens with zero attached hydrogens (tertiary/aromatic N) is 1. The molecule has 0 atom stereocenters. The van der Waals surface area contributed by atoms with Crippen LogP contribution < -0.4 is 5.32 Å². The zero-order chi connectivity index (χ0) is 8.69. The number of aliphatic imine (C=N–C) groups is 1. The highest BCUT2D eigenvalue weighted by Gasteiger charge is 1.95. The van der Waals surface area contributed by atoms with Gasteiger partial charge in [0.25, 0.3) is 0 Å². The van der Waals surface area contributed by atoms with Crippen LogP contribution in [0, 0.1) is 0 Å². The highest BCUT2D eigenvalue weighted by atomic mass is 127. The van der Waals surface area contributed by atoms with Crippen LogP contribution in [0.25, 0.3) is 0 Å². The lowest BCUT2D eigenvalue weighted by molar-refractivity contribution is -0.118. The van der Waals surface area contributed by atoms with Gasteiger partial charge < -0.3 is 5.32 Å². The lowest BCUT2D eigenvalue weighted by atomic mass is 10.7. The molecule has 0 saturated heterocycles. The van der Waals surface area contributed by atoms with Crippen LogP contribution in [0.4, 0.5) is 0 Å². The predicted octanol–water partition coefficient (Wildman–Crippen LogP) is 1.28. The van der Waals surface area contributed by atoms with Crippen LogP contribution in [0.3, 0.4) is 0 Å². The van der Waals surface area contributed by atoms with Gasteiger partial charge in [-0.25, -0.2) is 0 Å². The number of rotatable bonds is 4. The van der Waals surface area contributed by atoms with E-state index in [-0.39, 0.29) is 5.91 Å². The van der Waals surface area contributed by atoms with E-state index in [1.165, 1.54) is 11.8 Å². The zero-order valence-corrected chi connectivity index (χ0v) is 9.53. The molecular formula is C6H11IN2OS. The van der Waals surface area contributed by atoms with Gasteiger partial charge >= 0.3 is 0 Å². The van der Waals surface area contributed by atoms with Gasteiger partial charge in [0.15, 0.2) is 0 Å². The lowest BCUT2D eigenvalue weighted by Gasteiger charge is -1.98. The van der Waals surface area contributed by atoms with Gasteiger partial charge in [0.2, 0.25) is 5.91 Å². The maximum absolute atomic E-state index is 10.8. The molecule has 0 aliphatic heterocycles. The molecule has 5 heteroatoms. The van der Waals surface area contributed by atoms with Gasteiger partial charge in [-0.05, 0) is 35.8 Å². The van der Waals surface area contributed by atoms with Crippen molar-refractivity contribution < 1.29 is 4.79 Å². The van der Waals surface area contributed by atoms with Crippen molar-refractivity contribution in [2.45, 2.75) is 6.92 Å². The quantitative estimate of drug-likeness (QED) is 0.625.